The highest BCUT2D eigenvalue weighted by Gasteiger charge is 2.19. The smallest absolute Gasteiger partial charge is 0.306 e. The van der Waals surface area contributed by atoms with Crippen LogP contribution in [0.15, 0.2) is 0 Å². The van der Waals surface area contributed by atoms with Gasteiger partial charge in [0.05, 0.1) is 0 Å². The van der Waals surface area contributed by atoms with Crippen molar-refractivity contribution in [1.82, 2.24) is 0 Å². The Labute approximate surface area is 348 Å². The first-order valence-corrected chi connectivity index (χ1v) is 24.7. The van der Waals surface area contributed by atoms with E-state index < -0.39 is 6.10 Å². The fourth-order valence-electron chi connectivity index (χ4n) is 7.46. The van der Waals surface area contributed by atoms with Gasteiger partial charge in [-0.05, 0) is 31.1 Å². The molecule has 0 heterocycles. The van der Waals surface area contributed by atoms with Crippen LogP contribution in [0.5, 0.6) is 0 Å². The molecule has 0 aromatic carbocycles. The fraction of sp³-hybridized carbons (Fsp3) is 0.940. The summed E-state index contributed by atoms with van der Waals surface area (Å²) >= 11 is 0. The third kappa shape index (κ3) is 43.5. The van der Waals surface area contributed by atoms with Crippen LogP contribution in [0.1, 0.15) is 272 Å². The molecule has 0 aliphatic heterocycles. The van der Waals surface area contributed by atoms with Crippen LogP contribution >= 0.6 is 0 Å². The standard InChI is InChI=1S/C50H96O6/c1-6-7-8-9-10-11-12-13-14-15-20-27-32-37-42-50(53)56-47(44-55-49(52)41-36-31-26-22-21-24-29-34-39-46(4)5)43-54-48(51)40-35-30-25-19-17-16-18-23-28-33-38-45(2)3/h45-47H,6-44H2,1-5H3/t47-/m1/s1. The first kappa shape index (κ1) is 54.4. The van der Waals surface area contributed by atoms with Gasteiger partial charge in [0.2, 0.25) is 0 Å². The number of hydrogen-bond acceptors (Lipinski definition) is 6. The Balaban J connectivity index is 4.33. The number of ether oxygens (including phenoxy) is 3. The van der Waals surface area contributed by atoms with E-state index in [2.05, 4.69) is 34.6 Å². The summed E-state index contributed by atoms with van der Waals surface area (Å²) in [7, 11) is 0. The van der Waals surface area contributed by atoms with Crippen LogP contribution in [-0.2, 0) is 28.6 Å². The predicted octanol–water partition coefficient (Wildman–Crippen LogP) is 15.8. The molecule has 0 aromatic heterocycles. The van der Waals surface area contributed by atoms with Gasteiger partial charge in [-0.2, -0.15) is 0 Å². The molecule has 56 heavy (non-hydrogen) atoms. The van der Waals surface area contributed by atoms with Crippen molar-refractivity contribution in [1.29, 1.82) is 0 Å². The molecular formula is C50H96O6. The van der Waals surface area contributed by atoms with Crippen LogP contribution in [0.3, 0.4) is 0 Å². The van der Waals surface area contributed by atoms with Crippen LogP contribution in [0, 0.1) is 11.8 Å². The van der Waals surface area contributed by atoms with Crippen LogP contribution in [0.2, 0.25) is 0 Å². The number of hydrogen-bond donors (Lipinski definition) is 0. The van der Waals surface area contributed by atoms with Crippen molar-refractivity contribution >= 4 is 17.9 Å². The van der Waals surface area contributed by atoms with E-state index in [1.165, 1.54) is 161 Å². The maximum Gasteiger partial charge on any atom is 0.306 e. The zero-order valence-electron chi connectivity index (χ0n) is 38.3. The summed E-state index contributed by atoms with van der Waals surface area (Å²) in [4.78, 5) is 37.8. The number of carbonyl (C=O) groups is 3. The Hall–Kier alpha value is -1.59. The summed E-state index contributed by atoms with van der Waals surface area (Å²) in [5.41, 5.74) is 0. The van der Waals surface area contributed by atoms with Crippen LogP contribution in [0.25, 0.3) is 0 Å². The van der Waals surface area contributed by atoms with E-state index in [0.29, 0.717) is 19.3 Å². The van der Waals surface area contributed by atoms with E-state index in [9.17, 15) is 14.4 Å². The van der Waals surface area contributed by atoms with E-state index in [-0.39, 0.29) is 31.1 Å². The normalized spacial score (nSPS) is 12.1. The molecule has 0 radical (unpaired) electrons. The molecule has 0 fully saturated rings. The molecule has 0 unspecified atom stereocenters. The molecule has 0 N–H and O–H groups in total. The average Bonchev–Trinajstić information content (AvgIpc) is 3.16. The van der Waals surface area contributed by atoms with Crippen LogP contribution in [-0.4, -0.2) is 37.2 Å². The van der Waals surface area contributed by atoms with Gasteiger partial charge >= 0.3 is 17.9 Å². The highest BCUT2D eigenvalue weighted by Crippen LogP contribution is 2.17. The van der Waals surface area contributed by atoms with Crippen molar-refractivity contribution in [2.75, 3.05) is 13.2 Å². The van der Waals surface area contributed by atoms with Crippen molar-refractivity contribution in [2.45, 2.75) is 278 Å². The van der Waals surface area contributed by atoms with Crippen LogP contribution in [0.4, 0.5) is 0 Å². The number of rotatable bonds is 44. The first-order chi connectivity index (χ1) is 27.2. The third-order valence-electron chi connectivity index (χ3n) is 11.2. The summed E-state index contributed by atoms with van der Waals surface area (Å²) in [6.07, 6.45) is 42.3. The molecule has 332 valence electrons. The van der Waals surface area contributed by atoms with Crippen molar-refractivity contribution in [3.05, 3.63) is 0 Å². The van der Waals surface area contributed by atoms with Crippen molar-refractivity contribution < 1.29 is 28.6 Å². The van der Waals surface area contributed by atoms with Crippen molar-refractivity contribution in [3.63, 3.8) is 0 Å². The largest absolute Gasteiger partial charge is 0.462 e. The predicted molar refractivity (Wildman–Crippen MR) is 238 cm³/mol. The average molecular weight is 793 g/mol. The maximum atomic E-state index is 12.8. The summed E-state index contributed by atoms with van der Waals surface area (Å²) in [6, 6.07) is 0. The third-order valence-corrected chi connectivity index (χ3v) is 11.2. The van der Waals surface area contributed by atoms with Gasteiger partial charge in [0.15, 0.2) is 6.10 Å². The van der Waals surface area contributed by atoms with Gasteiger partial charge in [-0.3, -0.25) is 14.4 Å². The lowest BCUT2D eigenvalue weighted by atomic mass is 10.0. The number of carbonyl (C=O) groups excluding carboxylic acids is 3. The van der Waals surface area contributed by atoms with E-state index in [1.54, 1.807) is 0 Å². The minimum atomic E-state index is -0.761. The summed E-state index contributed by atoms with van der Waals surface area (Å²) in [6.45, 7) is 11.3. The molecular weight excluding hydrogens is 697 g/mol. The van der Waals surface area contributed by atoms with Gasteiger partial charge in [0.25, 0.3) is 0 Å². The second-order valence-electron chi connectivity index (χ2n) is 18.1. The summed E-state index contributed by atoms with van der Waals surface area (Å²) in [5.74, 6) is 0.762. The van der Waals surface area contributed by atoms with Crippen molar-refractivity contribution in [2.24, 2.45) is 11.8 Å². The highest BCUT2D eigenvalue weighted by atomic mass is 16.6. The molecule has 0 rings (SSSR count). The molecule has 1 atom stereocenters. The molecule has 0 saturated carbocycles. The Morgan fingerprint density at radius 3 is 0.875 bits per heavy atom. The van der Waals surface area contributed by atoms with E-state index in [1.807, 2.05) is 0 Å². The zero-order chi connectivity index (χ0) is 41.2. The minimum Gasteiger partial charge on any atom is -0.462 e. The molecule has 0 aliphatic carbocycles. The topological polar surface area (TPSA) is 78.9 Å². The zero-order valence-corrected chi connectivity index (χ0v) is 38.3. The quantitative estimate of drug-likeness (QED) is 0.0347. The molecule has 0 aromatic rings. The molecule has 0 saturated heterocycles. The second kappa shape index (κ2) is 43.0. The summed E-state index contributed by atoms with van der Waals surface area (Å²) in [5, 5.41) is 0. The Morgan fingerprint density at radius 2 is 0.589 bits per heavy atom. The maximum absolute atomic E-state index is 12.8. The van der Waals surface area contributed by atoms with Crippen LogP contribution < -0.4 is 0 Å². The molecule has 0 amide bonds. The second-order valence-corrected chi connectivity index (χ2v) is 18.1. The lowest BCUT2D eigenvalue weighted by molar-refractivity contribution is -0.167. The molecule has 6 heteroatoms. The minimum absolute atomic E-state index is 0.0646. The van der Waals surface area contributed by atoms with Gasteiger partial charge in [0, 0.05) is 19.3 Å². The molecule has 0 bridgehead atoms. The van der Waals surface area contributed by atoms with Gasteiger partial charge in [0.1, 0.15) is 13.2 Å². The Bertz CT molecular complexity index is 854. The number of unbranched alkanes of at least 4 members (excludes halogenated alkanes) is 29. The van der Waals surface area contributed by atoms with Crippen molar-refractivity contribution in [3.8, 4) is 0 Å². The van der Waals surface area contributed by atoms with Gasteiger partial charge < -0.3 is 14.2 Å². The summed E-state index contributed by atoms with van der Waals surface area (Å²) < 4.78 is 16.8. The Kier molecular flexibility index (Phi) is 41.8. The molecule has 0 aliphatic rings. The van der Waals surface area contributed by atoms with E-state index in [0.717, 1.165) is 69.6 Å². The SMILES string of the molecule is CCCCCCCCCCCCCCCCC(=O)O[C@H](COC(=O)CCCCCCCCCCCCC(C)C)COC(=O)CCCCCCCCCCC(C)C. The highest BCUT2D eigenvalue weighted by molar-refractivity contribution is 5.71. The van der Waals surface area contributed by atoms with Gasteiger partial charge in [-0.1, -0.05) is 234 Å². The van der Waals surface area contributed by atoms with E-state index in [4.69, 9.17) is 14.2 Å². The Morgan fingerprint density at radius 1 is 0.339 bits per heavy atom. The monoisotopic (exact) mass is 793 g/mol. The fourth-order valence-corrected chi connectivity index (χ4v) is 7.46. The molecule has 6 nitrogen and oxygen atoms in total. The molecule has 0 spiro atoms. The lowest BCUT2D eigenvalue weighted by Crippen LogP contribution is -2.30. The lowest BCUT2D eigenvalue weighted by Gasteiger charge is -2.18. The first-order valence-electron chi connectivity index (χ1n) is 24.7. The van der Waals surface area contributed by atoms with Gasteiger partial charge in [-0.15, -0.1) is 0 Å². The number of esters is 3. The van der Waals surface area contributed by atoms with E-state index >= 15 is 0 Å². The van der Waals surface area contributed by atoms with Gasteiger partial charge in [-0.25, -0.2) is 0 Å².